The highest BCUT2D eigenvalue weighted by atomic mass is 32.2. The molecule has 0 aromatic heterocycles. The van der Waals surface area contributed by atoms with Gasteiger partial charge in [0.05, 0.1) is 23.6 Å². The molecule has 1 unspecified atom stereocenters. The maximum atomic E-state index is 11.5. The van der Waals surface area contributed by atoms with Crippen LogP contribution in [0.3, 0.4) is 0 Å². The Hall–Kier alpha value is -1.60. The minimum absolute atomic E-state index is 0.310. The van der Waals surface area contributed by atoms with Crippen molar-refractivity contribution in [3.63, 3.8) is 0 Å². The first-order chi connectivity index (χ1) is 9.79. The molecule has 0 spiro atoms. The van der Waals surface area contributed by atoms with Crippen LogP contribution in [0.4, 0.5) is 0 Å². The largest absolute Gasteiger partial charge is 0.383 e. The van der Waals surface area contributed by atoms with Crippen molar-refractivity contribution in [2.24, 2.45) is 10.7 Å². The van der Waals surface area contributed by atoms with E-state index in [2.05, 4.69) is 4.99 Å². The molecule has 21 heavy (non-hydrogen) atoms. The number of benzene rings is 1. The lowest BCUT2D eigenvalue weighted by atomic mass is 9.91. The molecule has 1 aromatic rings. The number of methoxy groups -OCH3 is 1. The summed E-state index contributed by atoms with van der Waals surface area (Å²) in [6.45, 7) is 3.77. The number of guanidine groups is 1. The molecule has 0 bridgehead atoms. The minimum atomic E-state index is -3.19. The first-order valence-electron chi connectivity index (χ1n) is 6.66. The number of sulfone groups is 1. The fraction of sp³-hybridized carbons (Fsp3) is 0.500. The van der Waals surface area contributed by atoms with Gasteiger partial charge in [0.25, 0.3) is 0 Å². The molecule has 1 aromatic carbocycles. The van der Waals surface area contributed by atoms with Crippen LogP contribution < -0.4 is 5.73 Å². The first-order valence-corrected chi connectivity index (χ1v) is 8.55. The highest BCUT2D eigenvalue weighted by Crippen LogP contribution is 2.32. The average molecular weight is 311 g/mol. The average Bonchev–Trinajstić information content (AvgIpc) is 2.73. The lowest BCUT2D eigenvalue weighted by Gasteiger charge is -2.36. The molecule has 0 saturated heterocycles. The van der Waals surface area contributed by atoms with Crippen molar-refractivity contribution in [1.82, 2.24) is 4.90 Å². The summed E-state index contributed by atoms with van der Waals surface area (Å²) in [7, 11) is -1.55. The molecule has 2 N–H and O–H groups in total. The molecule has 1 atom stereocenters. The number of aliphatic imine (C=N–C) groups is 1. The van der Waals surface area contributed by atoms with Crippen LogP contribution in [0.5, 0.6) is 0 Å². The molecule has 116 valence electrons. The highest BCUT2D eigenvalue weighted by Gasteiger charge is 2.39. The second kappa shape index (κ2) is 5.65. The fourth-order valence-corrected chi connectivity index (χ4v) is 3.14. The summed E-state index contributed by atoms with van der Waals surface area (Å²) >= 11 is 0. The quantitative estimate of drug-likeness (QED) is 0.860. The van der Waals surface area contributed by atoms with Crippen LogP contribution in [-0.2, 0) is 20.1 Å². The second-order valence-electron chi connectivity index (χ2n) is 5.39. The van der Waals surface area contributed by atoms with Gasteiger partial charge in [0, 0.05) is 19.9 Å². The van der Waals surface area contributed by atoms with Crippen LogP contribution in [0.1, 0.15) is 12.5 Å². The monoisotopic (exact) mass is 311 g/mol. The van der Waals surface area contributed by atoms with Gasteiger partial charge in [-0.2, -0.15) is 0 Å². The van der Waals surface area contributed by atoms with Crippen molar-refractivity contribution in [1.29, 1.82) is 0 Å². The summed E-state index contributed by atoms with van der Waals surface area (Å²) < 4.78 is 28.2. The van der Waals surface area contributed by atoms with Crippen molar-refractivity contribution >= 4 is 15.8 Å². The van der Waals surface area contributed by atoms with Crippen LogP contribution in [0.2, 0.25) is 0 Å². The fourth-order valence-electron chi connectivity index (χ4n) is 2.51. The van der Waals surface area contributed by atoms with Gasteiger partial charge in [0.15, 0.2) is 15.8 Å². The van der Waals surface area contributed by atoms with E-state index >= 15 is 0 Å². The van der Waals surface area contributed by atoms with Gasteiger partial charge >= 0.3 is 0 Å². The van der Waals surface area contributed by atoms with Crippen molar-refractivity contribution in [3.05, 3.63) is 29.8 Å². The number of nitrogens with two attached hydrogens (primary N) is 1. The van der Waals surface area contributed by atoms with Gasteiger partial charge in [0.2, 0.25) is 0 Å². The molecule has 7 heteroatoms. The number of hydrogen-bond acceptors (Lipinski definition) is 6. The van der Waals surface area contributed by atoms with Crippen molar-refractivity contribution in [2.75, 3.05) is 33.1 Å². The summed E-state index contributed by atoms with van der Waals surface area (Å²) in [6.07, 6.45) is 1.20. The third-order valence-electron chi connectivity index (χ3n) is 3.84. The Kier molecular flexibility index (Phi) is 4.25. The zero-order valence-corrected chi connectivity index (χ0v) is 13.4. The molecule has 6 nitrogen and oxygen atoms in total. The number of rotatable bonds is 5. The van der Waals surface area contributed by atoms with E-state index in [0.717, 1.165) is 5.56 Å². The molecule has 0 aliphatic carbocycles. The number of ether oxygens (including phenoxy) is 1. The third kappa shape index (κ3) is 3.03. The zero-order chi connectivity index (χ0) is 15.7. The molecule has 0 radical (unpaired) electrons. The first kappa shape index (κ1) is 15.8. The molecule has 1 aliphatic heterocycles. The molecule has 0 saturated carbocycles. The van der Waals surface area contributed by atoms with Gasteiger partial charge in [-0.05, 0) is 24.6 Å². The van der Waals surface area contributed by atoms with E-state index in [1.807, 2.05) is 24.0 Å². The maximum absolute atomic E-state index is 11.5. The van der Waals surface area contributed by atoms with E-state index in [-0.39, 0.29) is 5.54 Å². The van der Waals surface area contributed by atoms with Crippen molar-refractivity contribution < 1.29 is 13.2 Å². The van der Waals surface area contributed by atoms with Gasteiger partial charge in [-0.1, -0.05) is 12.1 Å². The molecule has 1 heterocycles. The van der Waals surface area contributed by atoms with Gasteiger partial charge in [-0.3, -0.25) is 4.99 Å². The molecular formula is C14H21N3O3S. The van der Waals surface area contributed by atoms with Crippen LogP contribution in [0, 0.1) is 0 Å². The second-order valence-corrected chi connectivity index (χ2v) is 7.40. The Labute approximate surface area is 125 Å². The van der Waals surface area contributed by atoms with Gasteiger partial charge in [-0.25, -0.2) is 8.42 Å². The number of hydrogen-bond donors (Lipinski definition) is 1. The SMILES string of the molecule is COCCN1C(N)=NCC1(C)c1ccc(S(C)(=O)=O)cc1. The standard InChI is InChI=1S/C14H21N3O3S/c1-14(10-16-13(15)17(14)8-9-20-2)11-4-6-12(7-5-11)21(3,18)19/h4-7H,8-10H2,1-3H3,(H2,15,16). The van der Waals surface area contributed by atoms with E-state index in [1.165, 1.54) is 6.26 Å². The van der Waals surface area contributed by atoms with E-state index < -0.39 is 9.84 Å². The lowest BCUT2D eigenvalue weighted by Crippen LogP contribution is -2.48. The Morgan fingerprint density at radius 1 is 1.38 bits per heavy atom. The summed E-state index contributed by atoms with van der Waals surface area (Å²) in [5, 5.41) is 0. The molecule has 0 fully saturated rings. The Bertz CT molecular complexity index is 640. The van der Waals surface area contributed by atoms with Crippen LogP contribution in [0.25, 0.3) is 0 Å². The van der Waals surface area contributed by atoms with E-state index in [4.69, 9.17) is 10.5 Å². The van der Waals surface area contributed by atoms with Gasteiger partial charge in [-0.15, -0.1) is 0 Å². The Morgan fingerprint density at radius 2 is 2.00 bits per heavy atom. The van der Waals surface area contributed by atoms with E-state index in [0.29, 0.717) is 30.6 Å². The number of nitrogens with zero attached hydrogens (tertiary/aromatic N) is 2. The molecular weight excluding hydrogens is 290 g/mol. The Balaban J connectivity index is 2.31. The van der Waals surface area contributed by atoms with Crippen molar-refractivity contribution in [2.45, 2.75) is 17.4 Å². The van der Waals surface area contributed by atoms with Crippen LogP contribution >= 0.6 is 0 Å². The zero-order valence-electron chi connectivity index (χ0n) is 12.5. The smallest absolute Gasteiger partial charge is 0.192 e. The molecule has 2 rings (SSSR count). The predicted octanol–water partition coefficient (Wildman–Crippen LogP) is 0.582. The van der Waals surface area contributed by atoms with Crippen LogP contribution in [0.15, 0.2) is 34.2 Å². The Morgan fingerprint density at radius 3 is 2.52 bits per heavy atom. The predicted molar refractivity (Wildman–Crippen MR) is 82.0 cm³/mol. The summed E-state index contributed by atoms with van der Waals surface area (Å²) in [6, 6.07) is 6.90. The summed E-state index contributed by atoms with van der Waals surface area (Å²) in [5.74, 6) is 0.488. The van der Waals surface area contributed by atoms with Crippen LogP contribution in [-0.4, -0.2) is 52.3 Å². The third-order valence-corrected chi connectivity index (χ3v) is 4.97. The van der Waals surface area contributed by atoms with Gasteiger partial charge in [0.1, 0.15) is 0 Å². The lowest BCUT2D eigenvalue weighted by molar-refractivity contribution is 0.137. The highest BCUT2D eigenvalue weighted by molar-refractivity contribution is 7.90. The normalized spacial score (nSPS) is 22.4. The van der Waals surface area contributed by atoms with Gasteiger partial charge < -0.3 is 15.4 Å². The molecule has 1 aliphatic rings. The van der Waals surface area contributed by atoms with E-state index in [9.17, 15) is 8.42 Å². The molecule has 0 amide bonds. The summed E-state index contributed by atoms with van der Waals surface area (Å²) in [4.78, 5) is 6.62. The van der Waals surface area contributed by atoms with Crippen molar-refractivity contribution in [3.8, 4) is 0 Å². The maximum Gasteiger partial charge on any atom is 0.192 e. The van der Waals surface area contributed by atoms with E-state index in [1.54, 1.807) is 19.2 Å². The summed E-state index contributed by atoms with van der Waals surface area (Å²) in [5.41, 5.74) is 6.56. The minimum Gasteiger partial charge on any atom is -0.383 e. The topological polar surface area (TPSA) is 85.0 Å².